The lowest BCUT2D eigenvalue weighted by Crippen LogP contribution is -2.58. The van der Waals surface area contributed by atoms with Crippen LogP contribution >= 0.6 is 0 Å². The van der Waals surface area contributed by atoms with Crippen molar-refractivity contribution in [3.05, 3.63) is 33.9 Å². The van der Waals surface area contributed by atoms with Crippen molar-refractivity contribution in [3.63, 3.8) is 0 Å². The Labute approximate surface area is 119 Å². The molecule has 5 nitrogen and oxygen atoms in total. The number of benzene rings is 1. The maximum atomic E-state index is 13.8. The highest BCUT2D eigenvalue weighted by molar-refractivity contribution is 5.39. The van der Waals surface area contributed by atoms with E-state index in [2.05, 4.69) is 0 Å². The molecular weight excluding hydrogens is 284 g/mol. The van der Waals surface area contributed by atoms with E-state index in [9.17, 15) is 24.0 Å². The van der Waals surface area contributed by atoms with E-state index < -0.39 is 28.3 Å². The third kappa shape index (κ3) is 2.16. The quantitative estimate of drug-likeness (QED) is 0.688. The molecule has 2 fully saturated rings. The molecule has 2 atom stereocenters. The van der Waals surface area contributed by atoms with Crippen molar-refractivity contribution in [2.24, 2.45) is 5.41 Å². The summed E-state index contributed by atoms with van der Waals surface area (Å²) in [6.07, 6.45) is 3.09. The van der Waals surface area contributed by atoms with Crippen molar-refractivity contribution in [2.45, 2.75) is 44.3 Å². The topological polar surface area (TPSA) is 72.6 Å². The van der Waals surface area contributed by atoms with E-state index in [1.165, 1.54) is 0 Å². The predicted molar refractivity (Wildman–Crippen MR) is 69.0 cm³/mol. The first-order chi connectivity index (χ1) is 9.94. The zero-order valence-corrected chi connectivity index (χ0v) is 11.2. The molecule has 114 valence electrons. The van der Waals surface area contributed by atoms with Crippen LogP contribution in [0.3, 0.4) is 0 Å². The standard InChI is InChI=1S/C14H15F2NO4/c15-8-6-11(9(16)5-10(8)17(19)20)21-13-7-12(18)14(13)3-1-2-4-14/h5-6,12-13,18H,1-4,7H2. The monoisotopic (exact) mass is 299 g/mol. The van der Waals surface area contributed by atoms with Crippen LogP contribution < -0.4 is 4.74 Å². The highest BCUT2D eigenvalue weighted by Gasteiger charge is 2.57. The van der Waals surface area contributed by atoms with Gasteiger partial charge in [-0.25, -0.2) is 4.39 Å². The van der Waals surface area contributed by atoms with E-state index in [-0.39, 0.29) is 17.3 Å². The van der Waals surface area contributed by atoms with Gasteiger partial charge in [0.2, 0.25) is 5.82 Å². The van der Waals surface area contributed by atoms with E-state index in [1.807, 2.05) is 0 Å². The van der Waals surface area contributed by atoms with Gasteiger partial charge in [0, 0.05) is 17.9 Å². The summed E-state index contributed by atoms with van der Waals surface area (Å²) >= 11 is 0. The summed E-state index contributed by atoms with van der Waals surface area (Å²) in [6, 6.07) is 1.24. The third-order valence-corrected chi connectivity index (χ3v) is 4.74. The minimum atomic E-state index is -1.13. The van der Waals surface area contributed by atoms with Gasteiger partial charge in [0.1, 0.15) is 6.10 Å². The van der Waals surface area contributed by atoms with Gasteiger partial charge in [-0.1, -0.05) is 12.8 Å². The van der Waals surface area contributed by atoms with Gasteiger partial charge in [-0.05, 0) is 12.8 Å². The molecule has 1 aromatic carbocycles. The maximum absolute atomic E-state index is 13.8. The third-order valence-electron chi connectivity index (χ3n) is 4.74. The lowest BCUT2D eigenvalue weighted by Gasteiger charge is -2.51. The molecule has 2 aliphatic rings. The van der Waals surface area contributed by atoms with Gasteiger partial charge in [-0.3, -0.25) is 10.1 Å². The lowest BCUT2D eigenvalue weighted by molar-refractivity contribution is -0.387. The Morgan fingerprint density at radius 1 is 1.29 bits per heavy atom. The van der Waals surface area contributed by atoms with E-state index in [1.54, 1.807) is 0 Å². The molecule has 1 spiro atoms. The van der Waals surface area contributed by atoms with Gasteiger partial charge in [-0.2, -0.15) is 4.39 Å². The molecule has 2 unspecified atom stereocenters. The second-order valence-electron chi connectivity index (χ2n) is 5.79. The van der Waals surface area contributed by atoms with Crippen LogP contribution in [0.5, 0.6) is 5.75 Å². The fourth-order valence-corrected chi connectivity index (χ4v) is 3.48. The van der Waals surface area contributed by atoms with Gasteiger partial charge in [-0.15, -0.1) is 0 Å². The number of hydrogen-bond acceptors (Lipinski definition) is 4. The van der Waals surface area contributed by atoms with Gasteiger partial charge < -0.3 is 9.84 Å². The molecule has 0 saturated heterocycles. The van der Waals surface area contributed by atoms with Gasteiger partial charge in [0.25, 0.3) is 0 Å². The van der Waals surface area contributed by atoms with E-state index in [4.69, 9.17) is 4.74 Å². The number of nitrogens with zero attached hydrogens (tertiary/aromatic N) is 1. The number of nitro benzene ring substituents is 1. The fourth-order valence-electron chi connectivity index (χ4n) is 3.48. The number of nitro groups is 1. The molecule has 0 bridgehead atoms. The summed E-state index contributed by atoms with van der Waals surface area (Å²) in [5.41, 5.74) is -1.28. The molecule has 0 radical (unpaired) electrons. The molecule has 0 amide bonds. The molecule has 0 aromatic heterocycles. The van der Waals surface area contributed by atoms with Gasteiger partial charge in [0.05, 0.1) is 17.1 Å². The number of rotatable bonds is 3. The van der Waals surface area contributed by atoms with Crippen molar-refractivity contribution in [1.29, 1.82) is 0 Å². The Hall–Kier alpha value is -1.76. The Bertz CT molecular complexity index is 587. The molecule has 3 rings (SSSR count). The summed E-state index contributed by atoms with van der Waals surface area (Å²) in [5, 5.41) is 20.5. The zero-order chi connectivity index (χ0) is 15.2. The summed E-state index contributed by atoms with van der Waals surface area (Å²) in [7, 11) is 0. The number of hydrogen-bond donors (Lipinski definition) is 1. The second kappa shape index (κ2) is 4.91. The smallest absolute Gasteiger partial charge is 0.307 e. The molecule has 0 aliphatic heterocycles. The number of aliphatic hydroxyl groups excluding tert-OH is 1. The van der Waals surface area contributed by atoms with Gasteiger partial charge >= 0.3 is 5.69 Å². The molecule has 2 aliphatic carbocycles. The number of halogens is 2. The molecule has 1 N–H and O–H groups in total. The van der Waals surface area contributed by atoms with Crippen molar-refractivity contribution in [1.82, 2.24) is 0 Å². The Kier molecular flexibility index (Phi) is 3.32. The summed E-state index contributed by atoms with van der Waals surface area (Å²) in [4.78, 5) is 9.57. The lowest BCUT2D eigenvalue weighted by atomic mass is 9.62. The van der Waals surface area contributed by atoms with Crippen LogP contribution in [0.25, 0.3) is 0 Å². The Balaban J connectivity index is 1.83. The summed E-state index contributed by atoms with van der Waals surface area (Å²) in [5.74, 6) is -2.42. The molecule has 0 heterocycles. The summed E-state index contributed by atoms with van der Waals surface area (Å²) < 4.78 is 32.9. The van der Waals surface area contributed by atoms with Crippen LogP contribution in [0.2, 0.25) is 0 Å². The SMILES string of the molecule is O=[N+]([O-])c1cc(F)c(OC2CC(O)C23CCCC3)cc1F. The average molecular weight is 299 g/mol. The van der Waals surface area contributed by atoms with Crippen molar-refractivity contribution in [3.8, 4) is 5.75 Å². The highest BCUT2D eigenvalue weighted by atomic mass is 19.1. The summed E-state index contributed by atoms with van der Waals surface area (Å²) in [6.45, 7) is 0. The normalized spacial score (nSPS) is 26.6. The Morgan fingerprint density at radius 2 is 1.95 bits per heavy atom. The van der Waals surface area contributed by atoms with E-state index >= 15 is 0 Å². The largest absolute Gasteiger partial charge is 0.486 e. The van der Waals surface area contributed by atoms with Crippen LogP contribution in [0, 0.1) is 27.2 Å². The highest BCUT2D eigenvalue weighted by Crippen LogP contribution is 2.54. The van der Waals surface area contributed by atoms with Crippen molar-refractivity contribution >= 4 is 5.69 Å². The molecule has 7 heteroatoms. The number of aliphatic hydroxyl groups is 1. The molecule has 21 heavy (non-hydrogen) atoms. The molecule has 1 aromatic rings. The van der Waals surface area contributed by atoms with Crippen LogP contribution in [0.4, 0.5) is 14.5 Å². The number of ether oxygens (including phenoxy) is 1. The van der Waals surface area contributed by atoms with E-state index in [0.717, 1.165) is 25.7 Å². The van der Waals surface area contributed by atoms with Gasteiger partial charge in [0.15, 0.2) is 11.6 Å². The first kappa shape index (κ1) is 14.2. The van der Waals surface area contributed by atoms with Crippen LogP contribution in [0.15, 0.2) is 12.1 Å². The van der Waals surface area contributed by atoms with Crippen LogP contribution in [0.1, 0.15) is 32.1 Å². The van der Waals surface area contributed by atoms with Crippen molar-refractivity contribution in [2.75, 3.05) is 0 Å². The van der Waals surface area contributed by atoms with E-state index in [0.29, 0.717) is 18.6 Å². The van der Waals surface area contributed by atoms with Crippen molar-refractivity contribution < 1.29 is 23.5 Å². The average Bonchev–Trinajstić information content (AvgIpc) is 2.94. The minimum absolute atomic E-state index is 0.332. The Morgan fingerprint density at radius 3 is 2.52 bits per heavy atom. The van der Waals surface area contributed by atoms with Crippen LogP contribution in [-0.4, -0.2) is 22.2 Å². The fraction of sp³-hybridized carbons (Fsp3) is 0.571. The molecule has 2 saturated carbocycles. The zero-order valence-electron chi connectivity index (χ0n) is 11.2. The predicted octanol–water partition coefficient (Wildman–Crippen LogP) is 2.95. The maximum Gasteiger partial charge on any atom is 0.307 e. The first-order valence-corrected chi connectivity index (χ1v) is 6.92. The second-order valence-corrected chi connectivity index (χ2v) is 5.79. The molecular formula is C14H15F2NO4. The first-order valence-electron chi connectivity index (χ1n) is 6.92. The van der Waals surface area contributed by atoms with Crippen LogP contribution in [-0.2, 0) is 0 Å². The minimum Gasteiger partial charge on any atom is -0.486 e.